The van der Waals surface area contributed by atoms with E-state index in [1.807, 2.05) is 12.3 Å². The Bertz CT molecular complexity index is 366. The second-order valence-corrected chi connectivity index (χ2v) is 5.18. The molecule has 4 nitrogen and oxygen atoms in total. The molecule has 0 saturated carbocycles. The van der Waals surface area contributed by atoms with Crippen molar-refractivity contribution in [1.29, 1.82) is 0 Å². The van der Waals surface area contributed by atoms with Crippen molar-refractivity contribution in [3.63, 3.8) is 0 Å². The van der Waals surface area contributed by atoms with Crippen LogP contribution >= 0.6 is 11.3 Å². The molecule has 2 amide bonds. The van der Waals surface area contributed by atoms with Crippen LogP contribution in [-0.2, 0) is 13.0 Å². The lowest BCUT2D eigenvalue weighted by Gasteiger charge is -2.10. The van der Waals surface area contributed by atoms with Crippen molar-refractivity contribution in [2.75, 3.05) is 6.54 Å². The molecule has 5 heteroatoms. The molecule has 0 aromatic carbocycles. The van der Waals surface area contributed by atoms with Crippen molar-refractivity contribution >= 4 is 17.4 Å². The summed E-state index contributed by atoms with van der Waals surface area (Å²) in [5.41, 5.74) is 1.29. The maximum absolute atomic E-state index is 11.5. The molecule has 0 fully saturated rings. The van der Waals surface area contributed by atoms with Crippen LogP contribution in [0.1, 0.15) is 37.1 Å². The Morgan fingerprint density at radius 2 is 2.22 bits per heavy atom. The largest absolute Gasteiger partial charge is 0.393 e. The molecule has 0 aliphatic heterocycles. The zero-order valence-corrected chi connectivity index (χ0v) is 11.8. The summed E-state index contributed by atoms with van der Waals surface area (Å²) in [5.74, 6) is 0. The highest BCUT2D eigenvalue weighted by Crippen LogP contribution is 2.16. The van der Waals surface area contributed by atoms with Crippen LogP contribution in [0.25, 0.3) is 0 Å². The Hall–Kier alpha value is -1.07. The van der Waals surface area contributed by atoms with Gasteiger partial charge in [0.05, 0.1) is 12.6 Å². The van der Waals surface area contributed by atoms with Crippen LogP contribution in [0.2, 0.25) is 0 Å². The first-order valence-corrected chi connectivity index (χ1v) is 7.30. The first-order chi connectivity index (χ1) is 8.67. The van der Waals surface area contributed by atoms with Gasteiger partial charge in [0.1, 0.15) is 0 Å². The average molecular weight is 270 g/mol. The van der Waals surface area contributed by atoms with E-state index >= 15 is 0 Å². The van der Waals surface area contributed by atoms with Crippen LogP contribution in [0.5, 0.6) is 0 Å². The predicted molar refractivity (Wildman–Crippen MR) is 74.9 cm³/mol. The third-order valence-electron chi connectivity index (χ3n) is 2.86. The third kappa shape index (κ3) is 5.06. The summed E-state index contributed by atoms with van der Waals surface area (Å²) >= 11 is 1.67. The van der Waals surface area contributed by atoms with Gasteiger partial charge in [-0.1, -0.05) is 13.8 Å². The molecule has 0 unspecified atom stereocenters. The number of aliphatic hydroxyl groups is 1. The van der Waals surface area contributed by atoms with Crippen molar-refractivity contribution in [3.05, 3.63) is 21.9 Å². The maximum Gasteiger partial charge on any atom is 0.315 e. The Balaban J connectivity index is 2.21. The third-order valence-corrected chi connectivity index (χ3v) is 3.83. The smallest absolute Gasteiger partial charge is 0.315 e. The van der Waals surface area contributed by atoms with Crippen LogP contribution in [0.15, 0.2) is 11.4 Å². The van der Waals surface area contributed by atoms with E-state index in [1.165, 1.54) is 10.4 Å². The number of amides is 2. The van der Waals surface area contributed by atoms with E-state index < -0.39 is 0 Å². The number of carbonyl (C=O) groups is 1. The van der Waals surface area contributed by atoms with Crippen LogP contribution in [0, 0.1) is 0 Å². The minimum absolute atomic E-state index is 0.172. The zero-order chi connectivity index (χ0) is 13.4. The van der Waals surface area contributed by atoms with Crippen molar-refractivity contribution < 1.29 is 9.90 Å². The van der Waals surface area contributed by atoms with Crippen LogP contribution in [0.3, 0.4) is 0 Å². The highest BCUT2D eigenvalue weighted by atomic mass is 32.1. The van der Waals surface area contributed by atoms with Gasteiger partial charge in [0.2, 0.25) is 0 Å². The highest BCUT2D eigenvalue weighted by Gasteiger charge is 2.06. The number of carbonyl (C=O) groups excluding carboxylic acids is 1. The lowest BCUT2D eigenvalue weighted by atomic mass is 10.2. The Morgan fingerprint density at radius 1 is 1.44 bits per heavy atom. The summed E-state index contributed by atoms with van der Waals surface area (Å²) in [5, 5.41) is 17.0. The molecule has 1 aromatic rings. The monoisotopic (exact) mass is 270 g/mol. The van der Waals surface area contributed by atoms with Gasteiger partial charge in [-0.2, -0.15) is 0 Å². The standard InChI is InChI=1S/C13H22N2O2S/c1-3-10-6-8-18-12(10)9-15-13(17)14-7-5-11(16)4-2/h6,8,11,16H,3-5,7,9H2,1-2H3,(H2,14,15,17)/t11-/m0/s1. The van der Waals surface area contributed by atoms with Gasteiger partial charge in [0, 0.05) is 11.4 Å². The molecule has 102 valence electrons. The summed E-state index contributed by atoms with van der Waals surface area (Å²) in [7, 11) is 0. The normalized spacial score (nSPS) is 12.2. The molecule has 18 heavy (non-hydrogen) atoms. The Labute approximate surface area is 112 Å². The zero-order valence-electron chi connectivity index (χ0n) is 11.0. The molecule has 0 spiro atoms. The highest BCUT2D eigenvalue weighted by molar-refractivity contribution is 7.10. The van der Waals surface area contributed by atoms with Gasteiger partial charge >= 0.3 is 6.03 Å². The summed E-state index contributed by atoms with van der Waals surface area (Å²) in [6.45, 7) is 5.11. The minimum Gasteiger partial charge on any atom is -0.393 e. The van der Waals surface area contributed by atoms with Gasteiger partial charge in [0.25, 0.3) is 0 Å². The van der Waals surface area contributed by atoms with Gasteiger partial charge < -0.3 is 15.7 Å². The van der Waals surface area contributed by atoms with Gasteiger partial charge in [-0.25, -0.2) is 4.79 Å². The van der Waals surface area contributed by atoms with E-state index in [1.54, 1.807) is 11.3 Å². The number of urea groups is 1. The maximum atomic E-state index is 11.5. The number of hydrogen-bond acceptors (Lipinski definition) is 3. The number of thiophene rings is 1. The van der Waals surface area contributed by atoms with Gasteiger partial charge in [-0.15, -0.1) is 11.3 Å². The van der Waals surface area contributed by atoms with Crippen molar-refractivity contribution in [3.8, 4) is 0 Å². The summed E-state index contributed by atoms with van der Waals surface area (Å²) in [6, 6.07) is 1.92. The van der Waals surface area contributed by atoms with E-state index in [4.69, 9.17) is 0 Å². The molecule has 0 aliphatic rings. The van der Waals surface area contributed by atoms with Crippen LogP contribution in [-0.4, -0.2) is 23.8 Å². The summed E-state index contributed by atoms with van der Waals surface area (Å²) < 4.78 is 0. The van der Waals surface area contributed by atoms with Crippen molar-refractivity contribution in [1.82, 2.24) is 10.6 Å². The van der Waals surface area contributed by atoms with E-state index in [0.717, 1.165) is 12.8 Å². The fraction of sp³-hybridized carbons (Fsp3) is 0.615. The molecule has 0 saturated heterocycles. The number of aliphatic hydroxyl groups excluding tert-OH is 1. The fourth-order valence-electron chi connectivity index (χ4n) is 1.62. The molecule has 1 heterocycles. The lowest BCUT2D eigenvalue weighted by Crippen LogP contribution is -2.36. The number of aryl methyl sites for hydroxylation is 1. The van der Waals surface area contributed by atoms with Crippen molar-refractivity contribution in [2.45, 2.75) is 45.8 Å². The number of nitrogens with one attached hydrogen (secondary N) is 2. The molecular weight excluding hydrogens is 248 g/mol. The minimum atomic E-state index is -0.325. The second kappa shape index (κ2) is 8.11. The Kier molecular flexibility index (Phi) is 6.75. The fourth-order valence-corrected chi connectivity index (χ4v) is 2.53. The van der Waals surface area contributed by atoms with Gasteiger partial charge in [0.15, 0.2) is 0 Å². The average Bonchev–Trinajstić information content (AvgIpc) is 2.83. The number of rotatable bonds is 7. The summed E-state index contributed by atoms with van der Waals surface area (Å²) in [4.78, 5) is 12.7. The SMILES string of the molecule is CCc1ccsc1CNC(=O)NCC[C@@H](O)CC. The first kappa shape index (κ1) is 15.0. The molecule has 1 atom stereocenters. The second-order valence-electron chi connectivity index (χ2n) is 4.18. The molecule has 0 aliphatic carbocycles. The molecule has 0 bridgehead atoms. The van der Waals surface area contributed by atoms with E-state index in [9.17, 15) is 9.90 Å². The first-order valence-electron chi connectivity index (χ1n) is 6.42. The van der Waals surface area contributed by atoms with E-state index in [0.29, 0.717) is 19.5 Å². The quantitative estimate of drug-likeness (QED) is 0.712. The number of hydrogen-bond donors (Lipinski definition) is 3. The molecule has 3 N–H and O–H groups in total. The predicted octanol–water partition coefficient (Wildman–Crippen LogP) is 2.27. The molecular formula is C13H22N2O2S. The van der Waals surface area contributed by atoms with Gasteiger partial charge in [-0.05, 0) is 36.3 Å². The lowest BCUT2D eigenvalue weighted by molar-refractivity contribution is 0.160. The Morgan fingerprint density at radius 3 is 2.89 bits per heavy atom. The van der Waals surface area contributed by atoms with Gasteiger partial charge in [-0.3, -0.25) is 0 Å². The molecule has 1 aromatic heterocycles. The van der Waals surface area contributed by atoms with E-state index in [-0.39, 0.29) is 12.1 Å². The van der Waals surface area contributed by atoms with Crippen molar-refractivity contribution in [2.24, 2.45) is 0 Å². The molecule has 1 rings (SSSR count). The van der Waals surface area contributed by atoms with Crippen LogP contribution in [0.4, 0.5) is 4.79 Å². The van der Waals surface area contributed by atoms with E-state index in [2.05, 4.69) is 23.6 Å². The summed E-state index contributed by atoms with van der Waals surface area (Å²) in [6.07, 6.45) is 1.99. The topological polar surface area (TPSA) is 61.4 Å². The van der Waals surface area contributed by atoms with Crippen LogP contribution < -0.4 is 10.6 Å². The molecule has 0 radical (unpaired) electrons.